The number of rotatable bonds is 2. The summed E-state index contributed by atoms with van der Waals surface area (Å²) in [7, 11) is 0. The van der Waals surface area contributed by atoms with Crippen LogP contribution in [-0.4, -0.2) is 18.2 Å². The fraction of sp³-hybridized carbons (Fsp3) is 0.647. The molecule has 0 atom stereocenters. The molecular weight excluding hydrogens is 314 g/mol. The van der Waals surface area contributed by atoms with E-state index in [-0.39, 0.29) is 0 Å². The first kappa shape index (κ1) is 14.4. The van der Waals surface area contributed by atoms with Gasteiger partial charge in [0.15, 0.2) is 0 Å². The average Bonchev–Trinajstić information content (AvgIpc) is 2.70. The first-order valence-corrected chi connectivity index (χ1v) is 8.78. The van der Waals surface area contributed by atoms with Crippen LogP contribution in [0.2, 0.25) is 0 Å². The Balaban J connectivity index is 1.92. The summed E-state index contributed by atoms with van der Waals surface area (Å²) < 4.78 is 0.891. The molecule has 1 aliphatic carbocycles. The van der Waals surface area contributed by atoms with Gasteiger partial charge in [-0.25, -0.2) is 0 Å². The predicted octanol–water partition coefficient (Wildman–Crippen LogP) is 3.97. The summed E-state index contributed by atoms with van der Waals surface area (Å²) >= 11 is 3.55. The van der Waals surface area contributed by atoms with Gasteiger partial charge in [0.05, 0.1) is 4.47 Å². The standard InChI is InChI=1S/C17H24BrNO/c18-16-11-13-4-2-1-3-5-14(13)15(17(16)20)10-12-6-8-19-9-7-12/h11-12,19-20H,1-10H2. The van der Waals surface area contributed by atoms with Crippen molar-refractivity contribution in [3.63, 3.8) is 0 Å². The number of aryl methyl sites for hydroxylation is 1. The number of phenolic OH excluding ortho intramolecular Hbond substituents is 1. The Labute approximate surface area is 130 Å². The molecule has 0 unspecified atom stereocenters. The number of nitrogens with one attached hydrogen (secondary N) is 1. The number of hydrogen-bond acceptors (Lipinski definition) is 2. The van der Waals surface area contributed by atoms with Crippen LogP contribution < -0.4 is 5.32 Å². The van der Waals surface area contributed by atoms with Crippen LogP contribution in [-0.2, 0) is 19.3 Å². The molecule has 3 heteroatoms. The van der Waals surface area contributed by atoms with Crippen LogP contribution in [0.25, 0.3) is 0 Å². The van der Waals surface area contributed by atoms with E-state index < -0.39 is 0 Å². The van der Waals surface area contributed by atoms with Crippen LogP contribution >= 0.6 is 15.9 Å². The maximum Gasteiger partial charge on any atom is 0.133 e. The molecule has 0 bridgehead atoms. The maximum absolute atomic E-state index is 10.5. The second-order valence-corrected chi connectivity index (χ2v) is 7.14. The fourth-order valence-corrected chi connectivity index (χ4v) is 4.23. The number of benzene rings is 1. The zero-order chi connectivity index (χ0) is 13.9. The van der Waals surface area contributed by atoms with Gasteiger partial charge in [-0.2, -0.15) is 0 Å². The van der Waals surface area contributed by atoms with Gasteiger partial charge in [0.2, 0.25) is 0 Å². The van der Waals surface area contributed by atoms with Crippen molar-refractivity contribution in [2.75, 3.05) is 13.1 Å². The van der Waals surface area contributed by atoms with Gasteiger partial charge in [-0.15, -0.1) is 0 Å². The molecule has 0 radical (unpaired) electrons. The van der Waals surface area contributed by atoms with Gasteiger partial charge in [-0.05, 0) is 103 Å². The Morgan fingerprint density at radius 3 is 2.70 bits per heavy atom. The smallest absolute Gasteiger partial charge is 0.133 e. The topological polar surface area (TPSA) is 32.3 Å². The van der Waals surface area contributed by atoms with Crippen molar-refractivity contribution in [2.24, 2.45) is 5.92 Å². The van der Waals surface area contributed by atoms with Crippen LogP contribution in [0.3, 0.4) is 0 Å². The molecule has 110 valence electrons. The fourth-order valence-electron chi connectivity index (χ4n) is 3.71. The van der Waals surface area contributed by atoms with Crippen LogP contribution in [0.1, 0.15) is 48.8 Å². The molecule has 20 heavy (non-hydrogen) atoms. The van der Waals surface area contributed by atoms with Crippen molar-refractivity contribution >= 4 is 15.9 Å². The van der Waals surface area contributed by atoms with Crippen molar-refractivity contribution in [3.05, 3.63) is 27.2 Å². The third-order valence-corrected chi connectivity index (χ3v) is 5.49. The average molecular weight is 338 g/mol. The number of piperidine rings is 1. The highest BCUT2D eigenvalue weighted by Gasteiger charge is 2.22. The molecular formula is C17H24BrNO. The Hall–Kier alpha value is -0.540. The quantitative estimate of drug-likeness (QED) is 0.800. The Kier molecular flexibility index (Phi) is 4.67. The van der Waals surface area contributed by atoms with Crippen LogP contribution in [0.5, 0.6) is 5.75 Å². The van der Waals surface area contributed by atoms with Crippen molar-refractivity contribution in [3.8, 4) is 5.75 Å². The summed E-state index contributed by atoms with van der Waals surface area (Å²) in [6.07, 6.45) is 9.73. The minimum Gasteiger partial charge on any atom is -0.506 e. The summed E-state index contributed by atoms with van der Waals surface area (Å²) in [5.41, 5.74) is 4.17. The van der Waals surface area contributed by atoms with E-state index in [2.05, 4.69) is 27.3 Å². The zero-order valence-corrected chi connectivity index (χ0v) is 13.6. The molecule has 0 spiro atoms. The molecule has 1 fully saturated rings. The van der Waals surface area contributed by atoms with Crippen molar-refractivity contribution in [1.82, 2.24) is 5.32 Å². The molecule has 0 saturated carbocycles. The van der Waals surface area contributed by atoms with E-state index in [1.165, 1.54) is 55.2 Å². The lowest BCUT2D eigenvalue weighted by atomic mass is 9.86. The van der Waals surface area contributed by atoms with Gasteiger partial charge >= 0.3 is 0 Å². The monoisotopic (exact) mass is 337 g/mol. The van der Waals surface area contributed by atoms with Crippen molar-refractivity contribution < 1.29 is 5.11 Å². The Morgan fingerprint density at radius 2 is 1.90 bits per heavy atom. The highest BCUT2D eigenvalue weighted by Crippen LogP contribution is 2.38. The highest BCUT2D eigenvalue weighted by molar-refractivity contribution is 9.10. The van der Waals surface area contributed by atoms with Gasteiger partial charge in [0, 0.05) is 0 Å². The minimum absolute atomic E-state index is 0.504. The molecule has 1 heterocycles. The lowest BCUT2D eigenvalue weighted by molar-refractivity contribution is 0.365. The molecule has 3 rings (SSSR count). The summed E-state index contributed by atoms with van der Waals surface area (Å²) in [6, 6.07) is 2.15. The second kappa shape index (κ2) is 6.48. The molecule has 2 N–H and O–H groups in total. The molecule has 0 amide bonds. The summed E-state index contributed by atoms with van der Waals surface area (Å²) in [5, 5.41) is 13.9. The molecule has 0 aromatic heterocycles. The van der Waals surface area contributed by atoms with Crippen LogP contribution in [0.15, 0.2) is 10.5 Å². The summed E-state index contributed by atoms with van der Waals surface area (Å²) in [6.45, 7) is 2.25. The number of aromatic hydroxyl groups is 1. The molecule has 1 aromatic carbocycles. The lowest BCUT2D eigenvalue weighted by Gasteiger charge is -2.25. The van der Waals surface area contributed by atoms with E-state index in [1.807, 2.05) is 0 Å². The molecule has 2 aliphatic rings. The Bertz CT molecular complexity index is 480. The minimum atomic E-state index is 0.504. The first-order valence-electron chi connectivity index (χ1n) is 7.98. The van der Waals surface area contributed by atoms with Gasteiger partial charge in [0.1, 0.15) is 5.75 Å². The van der Waals surface area contributed by atoms with Gasteiger partial charge in [-0.1, -0.05) is 6.42 Å². The zero-order valence-electron chi connectivity index (χ0n) is 12.1. The van der Waals surface area contributed by atoms with Crippen molar-refractivity contribution in [1.29, 1.82) is 0 Å². The Morgan fingerprint density at radius 1 is 1.15 bits per heavy atom. The van der Waals surface area contributed by atoms with Crippen LogP contribution in [0.4, 0.5) is 0 Å². The number of hydrogen-bond donors (Lipinski definition) is 2. The van der Waals surface area contributed by atoms with Crippen molar-refractivity contribution in [2.45, 2.75) is 51.4 Å². The van der Waals surface area contributed by atoms with E-state index >= 15 is 0 Å². The van der Waals surface area contributed by atoms with Gasteiger partial charge < -0.3 is 10.4 Å². The molecule has 1 aliphatic heterocycles. The van der Waals surface area contributed by atoms with E-state index in [1.54, 1.807) is 0 Å². The van der Waals surface area contributed by atoms with E-state index in [0.717, 1.165) is 36.3 Å². The predicted molar refractivity (Wildman–Crippen MR) is 86.4 cm³/mol. The third-order valence-electron chi connectivity index (χ3n) is 4.89. The highest BCUT2D eigenvalue weighted by atomic mass is 79.9. The SMILES string of the molecule is Oc1c(Br)cc2c(c1CC1CCNCC1)CCCCC2. The van der Waals surface area contributed by atoms with E-state index in [4.69, 9.17) is 0 Å². The third kappa shape index (κ3) is 3.04. The molecule has 1 saturated heterocycles. The number of phenols is 1. The first-order chi connectivity index (χ1) is 9.75. The van der Waals surface area contributed by atoms with E-state index in [9.17, 15) is 5.11 Å². The maximum atomic E-state index is 10.5. The van der Waals surface area contributed by atoms with Gasteiger partial charge in [0.25, 0.3) is 0 Å². The number of halogens is 1. The molecule has 1 aromatic rings. The summed E-state index contributed by atoms with van der Waals surface area (Å²) in [5.74, 6) is 1.23. The van der Waals surface area contributed by atoms with Crippen LogP contribution in [0, 0.1) is 5.92 Å². The number of fused-ring (bicyclic) bond motifs is 1. The molecule has 2 nitrogen and oxygen atoms in total. The normalized spacial score (nSPS) is 20.4. The largest absolute Gasteiger partial charge is 0.506 e. The second-order valence-electron chi connectivity index (χ2n) is 6.28. The summed E-state index contributed by atoms with van der Waals surface area (Å²) in [4.78, 5) is 0. The lowest BCUT2D eigenvalue weighted by Crippen LogP contribution is -2.29. The van der Waals surface area contributed by atoms with E-state index in [0.29, 0.717) is 5.75 Å². The van der Waals surface area contributed by atoms with Gasteiger partial charge in [-0.3, -0.25) is 0 Å².